The number of carbonyl (C=O) groups is 1. The van der Waals surface area contributed by atoms with Gasteiger partial charge in [0.1, 0.15) is 5.75 Å². The van der Waals surface area contributed by atoms with Crippen LogP contribution in [0.1, 0.15) is 24.0 Å². The van der Waals surface area contributed by atoms with Gasteiger partial charge in [0.15, 0.2) is 5.82 Å². The Bertz CT molecular complexity index is 1080. The molecule has 1 aliphatic heterocycles. The number of halogens is 1. The summed E-state index contributed by atoms with van der Waals surface area (Å²) in [5, 5.41) is 3.05. The van der Waals surface area contributed by atoms with Gasteiger partial charge < -0.3 is 15.0 Å². The number of aryl methyl sites for hydroxylation is 2. The largest absolute Gasteiger partial charge is 0.436 e. The van der Waals surface area contributed by atoms with E-state index in [2.05, 4.69) is 36.1 Å². The van der Waals surface area contributed by atoms with E-state index in [9.17, 15) is 4.79 Å². The third-order valence-corrected chi connectivity index (χ3v) is 6.43. The molecule has 2 heterocycles. The van der Waals surface area contributed by atoms with Crippen LogP contribution in [0.25, 0.3) is 0 Å². The summed E-state index contributed by atoms with van der Waals surface area (Å²) in [5.41, 5.74) is 2.96. The van der Waals surface area contributed by atoms with Crippen LogP contribution in [0.15, 0.2) is 59.3 Å². The van der Waals surface area contributed by atoms with Crippen molar-refractivity contribution in [3.63, 3.8) is 0 Å². The van der Waals surface area contributed by atoms with Crippen molar-refractivity contribution in [2.75, 3.05) is 23.3 Å². The molecule has 1 saturated heterocycles. The van der Waals surface area contributed by atoms with Crippen LogP contribution >= 0.6 is 15.9 Å². The highest BCUT2D eigenvalue weighted by atomic mass is 79.9. The van der Waals surface area contributed by atoms with Crippen molar-refractivity contribution in [2.24, 2.45) is 5.92 Å². The minimum absolute atomic E-state index is 0.0300. The maximum Gasteiger partial charge on any atom is 0.263 e. The molecule has 1 aromatic heterocycles. The summed E-state index contributed by atoms with van der Waals surface area (Å²) in [7, 11) is 0. The fourth-order valence-corrected chi connectivity index (χ4v) is 3.95. The maximum absolute atomic E-state index is 12.8. The molecule has 0 unspecified atom stereocenters. The highest BCUT2D eigenvalue weighted by molar-refractivity contribution is 9.10. The number of piperidine rings is 1. The molecule has 31 heavy (non-hydrogen) atoms. The first-order chi connectivity index (χ1) is 15.0. The predicted octanol–water partition coefficient (Wildman–Crippen LogP) is 5.50. The van der Waals surface area contributed by atoms with Gasteiger partial charge in [-0.1, -0.05) is 34.1 Å². The zero-order valence-electron chi connectivity index (χ0n) is 17.6. The Kier molecular flexibility index (Phi) is 6.51. The highest BCUT2D eigenvalue weighted by Crippen LogP contribution is 2.32. The molecule has 1 N–H and O–H groups in total. The van der Waals surface area contributed by atoms with Crippen LogP contribution in [-0.2, 0) is 4.79 Å². The van der Waals surface area contributed by atoms with Crippen molar-refractivity contribution in [2.45, 2.75) is 26.7 Å². The van der Waals surface area contributed by atoms with E-state index in [4.69, 9.17) is 4.74 Å². The molecule has 0 saturated carbocycles. The number of hydrogen-bond donors (Lipinski definition) is 1. The SMILES string of the molecule is Cc1cc(NC(=O)C2CCN(c3nccnc3Oc3ccccc3C)CC2)ccc1Br. The lowest BCUT2D eigenvalue weighted by Gasteiger charge is -2.32. The minimum Gasteiger partial charge on any atom is -0.436 e. The van der Waals surface area contributed by atoms with E-state index >= 15 is 0 Å². The predicted molar refractivity (Wildman–Crippen MR) is 126 cm³/mol. The molecule has 0 spiro atoms. The number of carbonyl (C=O) groups excluding carboxylic acids is 1. The van der Waals surface area contributed by atoms with Crippen LogP contribution in [0.2, 0.25) is 0 Å². The minimum atomic E-state index is -0.0300. The average molecular weight is 481 g/mol. The first kappa shape index (κ1) is 21.3. The number of benzene rings is 2. The molecule has 7 heteroatoms. The number of nitrogens with zero attached hydrogens (tertiary/aromatic N) is 3. The lowest BCUT2D eigenvalue weighted by molar-refractivity contribution is -0.120. The summed E-state index contributed by atoms with van der Waals surface area (Å²) in [6.45, 7) is 5.46. The summed E-state index contributed by atoms with van der Waals surface area (Å²) in [5.74, 6) is 2.01. The Hall–Kier alpha value is -2.93. The maximum atomic E-state index is 12.8. The molecule has 160 valence electrons. The Balaban J connectivity index is 1.40. The number of amides is 1. The van der Waals surface area contributed by atoms with E-state index in [1.54, 1.807) is 12.4 Å². The number of anilines is 2. The molecule has 0 aliphatic carbocycles. The van der Waals surface area contributed by atoms with Crippen LogP contribution in [0, 0.1) is 19.8 Å². The summed E-state index contributed by atoms with van der Waals surface area (Å²) < 4.78 is 7.10. The van der Waals surface area contributed by atoms with E-state index in [0.29, 0.717) is 11.7 Å². The molecule has 0 bridgehead atoms. The van der Waals surface area contributed by atoms with Crippen LogP contribution in [-0.4, -0.2) is 29.0 Å². The van der Waals surface area contributed by atoms with Gasteiger partial charge in [-0.25, -0.2) is 9.97 Å². The van der Waals surface area contributed by atoms with E-state index in [-0.39, 0.29) is 11.8 Å². The molecular weight excluding hydrogens is 456 g/mol. The number of nitrogens with one attached hydrogen (secondary N) is 1. The molecule has 2 aromatic carbocycles. The van der Waals surface area contributed by atoms with Gasteiger partial charge in [0.05, 0.1) is 0 Å². The van der Waals surface area contributed by atoms with E-state index in [0.717, 1.165) is 53.0 Å². The molecule has 0 radical (unpaired) electrons. The zero-order valence-corrected chi connectivity index (χ0v) is 19.2. The molecule has 0 atom stereocenters. The van der Waals surface area contributed by atoms with Crippen LogP contribution in [0.5, 0.6) is 11.6 Å². The third kappa shape index (κ3) is 5.05. The van der Waals surface area contributed by atoms with Gasteiger partial charge in [-0.2, -0.15) is 0 Å². The standard InChI is InChI=1S/C24H25BrN4O2/c1-16-5-3-4-6-21(16)31-24-22(26-11-12-27-24)29-13-9-18(10-14-29)23(30)28-19-7-8-20(25)17(2)15-19/h3-8,11-12,15,18H,9-10,13-14H2,1-2H3,(H,28,30). The first-order valence-corrected chi connectivity index (χ1v) is 11.2. The molecule has 1 aliphatic rings. The fourth-order valence-electron chi connectivity index (χ4n) is 3.70. The topological polar surface area (TPSA) is 67.4 Å². The first-order valence-electron chi connectivity index (χ1n) is 10.4. The average Bonchev–Trinajstić information content (AvgIpc) is 2.78. The van der Waals surface area contributed by atoms with Crippen LogP contribution < -0.4 is 15.0 Å². The van der Waals surface area contributed by atoms with Crippen molar-refractivity contribution < 1.29 is 9.53 Å². The summed E-state index contributed by atoms with van der Waals surface area (Å²) in [6, 6.07) is 13.7. The van der Waals surface area contributed by atoms with Gasteiger partial charge >= 0.3 is 0 Å². The lowest BCUT2D eigenvalue weighted by atomic mass is 9.95. The van der Waals surface area contributed by atoms with Crippen molar-refractivity contribution >= 4 is 33.3 Å². The van der Waals surface area contributed by atoms with E-state index in [1.165, 1.54) is 0 Å². The van der Waals surface area contributed by atoms with E-state index in [1.807, 2.05) is 56.3 Å². The second-order valence-corrected chi connectivity index (χ2v) is 8.62. The monoisotopic (exact) mass is 480 g/mol. The molecule has 4 rings (SSSR count). The Morgan fingerprint density at radius 2 is 1.81 bits per heavy atom. The normalized spacial score (nSPS) is 14.4. The molecule has 6 nitrogen and oxygen atoms in total. The quantitative estimate of drug-likeness (QED) is 0.521. The zero-order chi connectivity index (χ0) is 21.8. The number of para-hydroxylation sites is 1. The lowest BCUT2D eigenvalue weighted by Crippen LogP contribution is -2.38. The second-order valence-electron chi connectivity index (χ2n) is 7.77. The van der Waals surface area contributed by atoms with E-state index < -0.39 is 0 Å². The summed E-state index contributed by atoms with van der Waals surface area (Å²) >= 11 is 3.49. The third-order valence-electron chi connectivity index (χ3n) is 5.54. The van der Waals surface area contributed by atoms with Gasteiger partial charge in [-0.15, -0.1) is 0 Å². The van der Waals surface area contributed by atoms with Crippen molar-refractivity contribution in [1.29, 1.82) is 0 Å². The fraction of sp³-hybridized carbons (Fsp3) is 0.292. The van der Waals surface area contributed by atoms with Crippen molar-refractivity contribution in [3.8, 4) is 11.6 Å². The number of ether oxygens (including phenoxy) is 1. The summed E-state index contributed by atoms with van der Waals surface area (Å²) in [4.78, 5) is 23.8. The van der Waals surface area contributed by atoms with Gasteiger partial charge in [0.25, 0.3) is 5.88 Å². The Morgan fingerprint density at radius 1 is 1.06 bits per heavy atom. The summed E-state index contributed by atoms with van der Waals surface area (Å²) in [6.07, 6.45) is 4.82. The van der Waals surface area contributed by atoms with Crippen LogP contribution in [0.3, 0.4) is 0 Å². The number of aromatic nitrogens is 2. The second kappa shape index (κ2) is 9.47. The highest BCUT2D eigenvalue weighted by Gasteiger charge is 2.27. The number of hydrogen-bond acceptors (Lipinski definition) is 5. The Morgan fingerprint density at radius 3 is 2.55 bits per heavy atom. The molecular formula is C24H25BrN4O2. The number of rotatable bonds is 5. The van der Waals surface area contributed by atoms with Gasteiger partial charge in [-0.3, -0.25) is 4.79 Å². The van der Waals surface area contributed by atoms with Crippen molar-refractivity contribution in [3.05, 3.63) is 70.5 Å². The Labute approximate surface area is 190 Å². The van der Waals surface area contributed by atoms with Gasteiger partial charge in [0, 0.05) is 41.6 Å². The van der Waals surface area contributed by atoms with Gasteiger partial charge in [0.2, 0.25) is 5.91 Å². The van der Waals surface area contributed by atoms with Crippen molar-refractivity contribution in [1.82, 2.24) is 9.97 Å². The molecule has 1 amide bonds. The van der Waals surface area contributed by atoms with Crippen LogP contribution in [0.4, 0.5) is 11.5 Å². The van der Waals surface area contributed by atoms with Gasteiger partial charge in [-0.05, 0) is 62.1 Å². The smallest absolute Gasteiger partial charge is 0.263 e. The molecule has 1 fully saturated rings. The molecule has 3 aromatic rings.